The van der Waals surface area contributed by atoms with Gasteiger partial charge in [-0.05, 0) is 0 Å². The second kappa shape index (κ2) is 6.07. The summed E-state index contributed by atoms with van der Waals surface area (Å²) in [5, 5.41) is 0. The van der Waals surface area contributed by atoms with Crippen LogP contribution in [0.4, 0.5) is 0 Å². The molecule has 0 atom stereocenters. The molecule has 0 aromatic heterocycles. The second-order valence-corrected chi connectivity index (χ2v) is 8.76. The van der Waals surface area contributed by atoms with Crippen LogP contribution in [0.5, 0.6) is 0 Å². The van der Waals surface area contributed by atoms with Crippen molar-refractivity contribution in [2.24, 2.45) is 0 Å². The summed E-state index contributed by atoms with van der Waals surface area (Å²) in [5.41, 5.74) is 1.11. The molecule has 1 aromatic carbocycles. The van der Waals surface area contributed by atoms with Gasteiger partial charge >= 0.3 is 93.8 Å². The molecule has 15 heavy (non-hydrogen) atoms. The van der Waals surface area contributed by atoms with Crippen LogP contribution < -0.4 is 0 Å². The standard InChI is InChI=1S/C11H16GeO3/c1-13-12(14-2,15-3)10-9-11-7-5-4-6-8-11/h4-10H,1-3H3. The molecule has 0 unspecified atom stereocenters. The van der Waals surface area contributed by atoms with Crippen LogP contribution in [0.1, 0.15) is 5.56 Å². The fourth-order valence-corrected chi connectivity index (χ4v) is 3.95. The van der Waals surface area contributed by atoms with Gasteiger partial charge in [0.05, 0.1) is 0 Å². The van der Waals surface area contributed by atoms with E-state index < -0.39 is 14.3 Å². The zero-order valence-corrected chi connectivity index (χ0v) is 11.4. The van der Waals surface area contributed by atoms with Crippen LogP contribution in [0.25, 0.3) is 6.08 Å². The van der Waals surface area contributed by atoms with Crippen molar-refractivity contribution in [2.45, 2.75) is 0 Å². The molecule has 0 amide bonds. The molecule has 0 spiro atoms. The van der Waals surface area contributed by atoms with Gasteiger partial charge in [0.2, 0.25) is 0 Å². The SMILES string of the molecule is C[O][Ge]([CH]=Cc1ccccc1)([O]C)[O]C. The quantitative estimate of drug-likeness (QED) is 0.766. The van der Waals surface area contributed by atoms with Crippen molar-refractivity contribution in [3.05, 3.63) is 40.8 Å². The van der Waals surface area contributed by atoms with E-state index in [-0.39, 0.29) is 0 Å². The molecular formula is C11H16GeO3. The van der Waals surface area contributed by atoms with E-state index in [1.54, 1.807) is 21.3 Å². The van der Waals surface area contributed by atoms with Gasteiger partial charge in [0.25, 0.3) is 0 Å². The second-order valence-electron chi connectivity index (χ2n) is 2.96. The third kappa shape index (κ3) is 3.46. The van der Waals surface area contributed by atoms with E-state index in [4.69, 9.17) is 11.3 Å². The minimum absolute atomic E-state index is 1.11. The molecule has 1 aromatic rings. The van der Waals surface area contributed by atoms with Crippen LogP contribution >= 0.6 is 0 Å². The molecule has 0 radical (unpaired) electrons. The molecule has 0 heterocycles. The molecule has 0 bridgehead atoms. The van der Waals surface area contributed by atoms with E-state index in [1.165, 1.54) is 0 Å². The summed E-state index contributed by atoms with van der Waals surface area (Å²) in [5.74, 6) is 0. The predicted molar refractivity (Wildman–Crippen MR) is 62.3 cm³/mol. The fraction of sp³-hybridized carbons (Fsp3) is 0.273. The Kier molecular flexibility index (Phi) is 5.04. The van der Waals surface area contributed by atoms with Gasteiger partial charge in [-0.1, -0.05) is 0 Å². The molecule has 0 saturated heterocycles. The zero-order valence-electron chi connectivity index (χ0n) is 9.27. The molecule has 0 aliphatic rings. The predicted octanol–water partition coefficient (Wildman–Crippen LogP) is 2.12. The first-order chi connectivity index (χ1) is 7.26. The molecule has 0 aliphatic carbocycles. The van der Waals surface area contributed by atoms with Gasteiger partial charge in [-0.15, -0.1) is 0 Å². The van der Waals surface area contributed by atoms with Gasteiger partial charge < -0.3 is 0 Å². The topological polar surface area (TPSA) is 27.7 Å². The number of rotatable bonds is 5. The van der Waals surface area contributed by atoms with Crippen molar-refractivity contribution < 1.29 is 11.3 Å². The zero-order chi connectivity index (χ0) is 11.1. The molecule has 1 rings (SSSR count). The Morgan fingerprint density at radius 1 is 0.933 bits per heavy atom. The van der Waals surface area contributed by atoms with Crippen molar-refractivity contribution in [3.8, 4) is 0 Å². The van der Waals surface area contributed by atoms with Gasteiger partial charge in [-0.25, -0.2) is 0 Å². The van der Waals surface area contributed by atoms with Gasteiger partial charge in [0, 0.05) is 0 Å². The van der Waals surface area contributed by atoms with Gasteiger partial charge in [0.1, 0.15) is 0 Å². The van der Waals surface area contributed by atoms with Crippen LogP contribution in [0.2, 0.25) is 0 Å². The number of benzene rings is 1. The molecule has 82 valence electrons. The number of hydrogen-bond donors (Lipinski definition) is 0. The Labute approximate surface area is 94.0 Å². The fourth-order valence-electron chi connectivity index (χ4n) is 1.22. The first kappa shape index (κ1) is 12.5. The van der Waals surface area contributed by atoms with Gasteiger partial charge in [-0.2, -0.15) is 0 Å². The summed E-state index contributed by atoms with van der Waals surface area (Å²) in [4.78, 5) is 1.91. The Balaban J connectivity index is 2.79. The Bertz CT molecular complexity index is 299. The summed E-state index contributed by atoms with van der Waals surface area (Å²) >= 11 is -3.10. The monoisotopic (exact) mass is 270 g/mol. The summed E-state index contributed by atoms with van der Waals surface area (Å²) in [6.07, 6.45) is 1.97. The Morgan fingerprint density at radius 2 is 1.47 bits per heavy atom. The normalized spacial score (nSPS) is 12.2. The van der Waals surface area contributed by atoms with E-state index >= 15 is 0 Å². The summed E-state index contributed by atoms with van der Waals surface area (Å²) < 4.78 is 15.9. The molecule has 0 aliphatic heterocycles. The van der Waals surface area contributed by atoms with Crippen molar-refractivity contribution >= 4 is 20.4 Å². The molecule has 4 heteroatoms. The van der Waals surface area contributed by atoms with E-state index in [9.17, 15) is 0 Å². The van der Waals surface area contributed by atoms with Gasteiger partial charge in [-0.3, -0.25) is 0 Å². The average molecular weight is 269 g/mol. The molecule has 3 nitrogen and oxygen atoms in total. The van der Waals surface area contributed by atoms with E-state index in [0.717, 1.165) is 5.56 Å². The van der Waals surface area contributed by atoms with E-state index in [1.807, 2.05) is 41.3 Å². The third-order valence-electron chi connectivity index (χ3n) is 2.13. The summed E-state index contributed by atoms with van der Waals surface area (Å²) in [7, 11) is 4.84. The van der Waals surface area contributed by atoms with Crippen LogP contribution in [-0.4, -0.2) is 35.6 Å². The van der Waals surface area contributed by atoms with E-state index in [0.29, 0.717) is 0 Å². The molecule has 0 N–H and O–H groups in total. The number of hydrogen-bond acceptors (Lipinski definition) is 3. The van der Waals surface area contributed by atoms with Crippen LogP contribution in [0.15, 0.2) is 35.2 Å². The molecular weight excluding hydrogens is 253 g/mol. The Morgan fingerprint density at radius 3 is 1.93 bits per heavy atom. The first-order valence-electron chi connectivity index (χ1n) is 4.66. The van der Waals surface area contributed by atoms with E-state index in [2.05, 4.69) is 0 Å². The maximum atomic E-state index is 5.31. The van der Waals surface area contributed by atoms with Crippen molar-refractivity contribution in [1.29, 1.82) is 0 Å². The maximum absolute atomic E-state index is 5.31. The van der Waals surface area contributed by atoms with Crippen molar-refractivity contribution in [3.63, 3.8) is 0 Å². The van der Waals surface area contributed by atoms with Crippen molar-refractivity contribution in [1.82, 2.24) is 0 Å². The van der Waals surface area contributed by atoms with Crippen molar-refractivity contribution in [2.75, 3.05) is 21.3 Å². The Hall–Kier alpha value is -0.617. The molecule has 0 saturated carbocycles. The van der Waals surface area contributed by atoms with Crippen LogP contribution in [0.3, 0.4) is 0 Å². The van der Waals surface area contributed by atoms with Crippen LogP contribution in [-0.2, 0) is 11.3 Å². The molecule has 0 fully saturated rings. The van der Waals surface area contributed by atoms with Gasteiger partial charge in [0.15, 0.2) is 0 Å². The average Bonchev–Trinajstić information content (AvgIpc) is 2.33. The third-order valence-corrected chi connectivity index (χ3v) is 6.92. The summed E-state index contributed by atoms with van der Waals surface area (Å²) in [6.45, 7) is 0. The summed E-state index contributed by atoms with van der Waals surface area (Å²) in [6, 6.07) is 9.99. The first-order valence-corrected chi connectivity index (χ1v) is 8.44. The minimum atomic E-state index is -3.10. The van der Waals surface area contributed by atoms with Crippen LogP contribution in [0, 0.1) is 0 Å².